The van der Waals surface area contributed by atoms with Crippen molar-refractivity contribution in [1.29, 1.82) is 0 Å². The first-order chi connectivity index (χ1) is 9.33. The van der Waals surface area contributed by atoms with Crippen molar-refractivity contribution in [2.45, 2.75) is 63.4 Å². The third-order valence-corrected chi connectivity index (χ3v) is 5.41. The molecule has 5 nitrogen and oxygen atoms in total. The smallest absolute Gasteiger partial charge is 0.208 e. The number of nitrogens with zero attached hydrogens (tertiary/aromatic N) is 2. The molecule has 1 fully saturated rings. The number of alkyl halides is 2. The molecule has 0 aromatic carbocycles. The zero-order valence-corrected chi connectivity index (χ0v) is 12.4. The lowest BCUT2D eigenvalue weighted by atomic mass is 9.96. The van der Waals surface area contributed by atoms with Crippen molar-refractivity contribution in [2.24, 2.45) is 0 Å². The Morgan fingerprint density at radius 3 is 2.35 bits per heavy atom. The van der Waals surface area contributed by atoms with Gasteiger partial charge in [0.05, 0.1) is 11.4 Å². The molecule has 114 valence electrons. The number of nitrogens with one attached hydrogen (secondary N) is 1. The average molecular weight is 307 g/mol. The molecular weight excluding hydrogens is 288 g/mol. The maximum absolute atomic E-state index is 12.8. The van der Waals surface area contributed by atoms with E-state index in [4.69, 9.17) is 0 Å². The summed E-state index contributed by atoms with van der Waals surface area (Å²) in [6.45, 7) is -0.0598. The molecular formula is C12H19F2N3O2S. The molecule has 0 unspecified atom stereocenters. The fourth-order valence-corrected chi connectivity index (χ4v) is 4.43. The van der Waals surface area contributed by atoms with E-state index < -0.39 is 16.6 Å². The minimum atomic E-state index is -3.80. The second-order valence-electron chi connectivity index (χ2n) is 5.18. The van der Waals surface area contributed by atoms with Gasteiger partial charge in [-0.1, -0.05) is 19.3 Å². The summed E-state index contributed by atoms with van der Waals surface area (Å²) in [5.74, 6) is 0. The predicted molar refractivity (Wildman–Crippen MR) is 70.1 cm³/mol. The Morgan fingerprint density at radius 2 is 1.85 bits per heavy atom. The normalized spacial score (nSPS) is 17.9. The van der Waals surface area contributed by atoms with Gasteiger partial charge in [0.1, 0.15) is 4.90 Å². The maximum atomic E-state index is 12.8. The van der Waals surface area contributed by atoms with Gasteiger partial charge in [0.25, 0.3) is 0 Å². The van der Waals surface area contributed by atoms with Crippen molar-refractivity contribution in [3.05, 3.63) is 11.4 Å². The standard InChI is InChI=1S/C12H19F2N3O2S/c1-8-11(9(2)17(15-8)12(13)14)20(18,19)16-10-6-4-3-5-7-10/h10,12,16H,3-7H2,1-2H3. The molecule has 0 atom stereocenters. The Labute approximate surface area is 117 Å². The number of rotatable bonds is 4. The largest absolute Gasteiger partial charge is 0.333 e. The van der Waals surface area contributed by atoms with Crippen molar-refractivity contribution < 1.29 is 17.2 Å². The molecule has 1 heterocycles. The molecule has 0 radical (unpaired) electrons. The number of aromatic nitrogens is 2. The van der Waals surface area contributed by atoms with Gasteiger partial charge in [-0.3, -0.25) is 0 Å². The van der Waals surface area contributed by atoms with E-state index in [1.165, 1.54) is 13.8 Å². The Kier molecular flexibility index (Phi) is 4.43. The summed E-state index contributed by atoms with van der Waals surface area (Å²) >= 11 is 0. The number of aryl methyl sites for hydroxylation is 1. The fraction of sp³-hybridized carbons (Fsp3) is 0.750. The van der Waals surface area contributed by atoms with Crippen LogP contribution in [0.3, 0.4) is 0 Å². The highest BCUT2D eigenvalue weighted by atomic mass is 32.2. The van der Waals surface area contributed by atoms with Gasteiger partial charge in [-0.15, -0.1) is 0 Å². The van der Waals surface area contributed by atoms with Crippen LogP contribution < -0.4 is 4.72 Å². The molecule has 8 heteroatoms. The van der Waals surface area contributed by atoms with Crippen molar-refractivity contribution in [2.75, 3.05) is 0 Å². The van der Waals surface area contributed by atoms with Crippen LogP contribution in [0.4, 0.5) is 8.78 Å². The number of halogens is 2. The Bertz CT molecular complexity index is 578. The van der Waals surface area contributed by atoms with E-state index in [1.807, 2.05) is 0 Å². The van der Waals surface area contributed by atoms with E-state index in [1.54, 1.807) is 0 Å². The minimum Gasteiger partial charge on any atom is -0.208 e. The van der Waals surface area contributed by atoms with Gasteiger partial charge in [-0.25, -0.2) is 17.8 Å². The van der Waals surface area contributed by atoms with Crippen molar-refractivity contribution in [3.8, 4) is 0 Å². The Morgan fingerprint density at radius 1 is 1.25 bits per heavy atom. The third kappa shape index (κ3) is 3.01. The molecule has 0 bridgehead atoms. The molecule has 2 rings (SSSR count). The summed E-state index contributed by atoms with van der Waals surface area (Å²) in [5, 5.41) is 3.62. The van der Waals surface area contributed by atoms with E-state index in [0.717, 1.165) is 32.1 Å². The zero-order chi connectivity index (χ0) is 14.9. The van der Waals surface area contributed by atoms with E-state index >= 15 is 0 Å². The van der Waals surface area contributed by atoms with Gasteiger partial charge in [0, 0.05) is 6.04 Å². The molecule has 0 saturated heterocycles. The molecule has 1 aromatic rings. The number of hydrogen-bond acceptors (Lipinski definition) is 3. The van der Waals surface area contributed by atoms with Gasteiger partial charge in [0.2, 0.25) is 10.0 Å². The lowest BCUT2D eigenvalue weighted by Crippen LogP contribution is -2.36. The number of hydrogen-bond donors (Lipinski definition) is 1. The van der Waals surface area contributed by atoms with Crippen LogP contribution in [-0.2, 0) is 10.0 Å². The molecule has 1 saturated carbocycles. The molecule has 0 aliphatic heterocycles. The lowest BCUT2D eigenvalue weighted by molar-refractivity contribution is 0.0538. The maximum Gasteiger partial charge on any atom is 0.333 e. The molecule has 0 spiro atoms. The van der Waals surface area contributed by atoms with Crippen LogP contribution in [0.25, 0.3) is 0 Å². The van der Waals surface area contributed by atoms with Crippen LogP contribution in [0.5, 0.6) is 0 Å². The summed E-state index contributed by atoms with van der Waals surface area (Å²) in [5.41, 5.74) is 0.0759. The van der Waals surface area contributed by atoms with Gasteiger partial charge in [-0.2, -0.15) is 13.9 Å². The zero-order valence-electron chi connectivity index (χ0n) is 11.6. The van der Waals surface area contributed by atoms with E-state index in [2.05, 4.69) is 9.82 Å². The molecule has 1 N–H and O–H groups in total. The summed E-state index contributed by atoms with van der Waals surface area (Å²) < 4.78 is 53.3. The highest BCUT2D eigenvalue weighted by Gasteiger charge is 2.29. The van der Waals surface area contributed by atoms with Gasteiger partial charge in [-0.05, 0) is 26.7 Å². The lowest BCUT2D eigenvalue weighted by Gasteiger charge is -2.22. The van der Waals surface area contributed by atoms with Crippen LogP contribution >= 0.6 is 0 Å². The number of sulfonamides is 1. The predicted octanol–water partition coefficient (Wildman–Crippen LogP) is 2.51. The first-order valence-corrected chi connectivity index (χ1v) is 8.17. The molecule has 1 aliphatic rings. The average Bonchev–Trinajstić information content (AvgIpc) is 2.66. The summed E-state index contributed by atoms with van der Waals surface area (Å²) in [6, 6.07) is -0.109. The van der Waals surface area contributed by atoms with Crippen molar-refractivity contribution in [3.63, 3.8) is 0 Å². The first-order valence-electron chi connectivity index (χ1n) is 6.69. The second kappa shape index (κ2) is 5.77. The SMILES string of the molecule is Cc1nn(C(F)F)c(C)c1S(=O)(=O)NC1CCCCC1. The van der Waals surface area contributed by atoms with Crippen molar-refractivity contribution >= 4 is 10.0 Å². The van der Waals surface area contributed by atoms with Crippen LogP contribution in [0.15, 0.2) is 4.90 Å². The van der Waals surface area contributed by atoms with Gasteiger partial charge in [0.15, 0.2) is 0 Å². The second-order valence-corrected chi connectivity index (χ2v) is 6.83. The minimum absolute atomic E-state index is 0.0270. The highest BCUT2D eigenvalue weighted by molar-refractivity contribution is 7.89. The van der Waals surface area contributed by atoms with Gasteiger partial charge < -0.3 is 0 Å². The third-order valence-electron chi connectivity index (χ3n) is 3.64. The Hall–Kier alpha value is -1.02. The van der Waals surface area contributed by atoms with Gasteiger partial charge >= 0.3 is 6.55 Å². The molecule has 0 amide bonds. The quantitative estimate of drug-likeness (QED) is 0.929. The van der Waals surface area contributed by atoms with E-state index in [9.17, 15) is 17.2 Å². The topological polar surface area (TPSA) is 64.0 Å². The van der Waals surface area contributed by atoms with Crippen LogP contribution in [0, 0.1) is 13.8 Å². The molecule has 1 aromatic heterocycles. The van der Waals surface area contributed by atoms with E-state index in [-0.39, 0.29) is 22.3 Å². The monoisotopic (exact) mass is 307 g/mol. The fourth-order valence-electron chi connectivity index (χ4n) is 2.73. The van der Waals surface area contributed by atoms with Crippen LogP contribution in [0.2, 0.25) is 0 Å². The molecule has 1 aliphatic carbocycles. The first kappa shape index (κ1) is 15.4. The summed E-state index contributed by atoms with van der Waals surface area (Å²) in [4.78, 5) is -0.122. The summed E-state index contributed by atoms with van der Waals surface area (Å²) in [7, 11) is -3.80. The molecule has 20 heavy (non-hydrogen) atoms. The summed E-state index contributed by atoms with van der Waals surface area (Å²) in [6.07, 6.45) is 4.67. The van der Waals surface area contributed by atoms with Crippen molar-refractivity contribution in [1.82, 2.24) is 14.5 Å². The van der Waals surface area contributed by atoms with Crippen LogP contribution in [-0.4, -0.2) is 24.2 Å². The Balaban J connectivity index is 2.29. The highest BCUT2D eigenvalue weighted by Crippen LogP contribution is 2.25. The van der Waals surface area contributed by atoms with Crippen LogP contribution in [0.1, 0.15) is 50.0 Å². The van der Waals surface area contributed by atoms with E-state index in [0.29, 0.717) is 4.68 Å².